The van der Waals surface area contributed by atoms with Gasteiger partial charge in [-0.25, -0.2) is 0 Å². The maximum absolute atomic E-state index is 4.47. The first-order chi connectivity index (χ1) is 8.81. The molecule has 1 aromatic carbocycles. The molecule has 1 N–H and O–H groups in total. The Bertz CT molecular complexity index is 474. The monoisotopic (exact) mass is 243 g/mol. The molecule has 0 spiro atoms. The number of benzene rings is 1. The Morgan fingerprint density at radius 2 is 2.00 bits per heavy atom. The lowest BCUT2D eigenvalue weighted by Crippen LogP contribution is -2.14. The molecule has 0 aliphatic carbocycles. The molecule has 0 amide bonds. The number of rotatable bonds is 6. The summed E-state index contributed by atoms with van der Waals surface area (Å²) in [6.45, 7) is 7.13. The number of hydrogen-bond donors (Lipinski definition) is 1. The van der Waals surface area contributed by atoms with Crippen LogP contribution in [0.5, 0.6) is 0 Å². The van der Waals surface area contributed by atoms with Gasteiger partial charge in [0.1, 0.15) is 0 Å². The van der Waals surface area contributed by atoms with E-state index in [1.807, 2.05) is 12.3 Å². The van der Waals surface area contributed by atoms with Crippen molar-refractivity contribution in [1.29, 1.82) is 0 Å². The minimum atomic E-state index is 0.848. The van der Waals surface area contributed by atoms with Crippen LogP contribution in [0.4, 0.5) is 0 Å². The minimum absolute atomic E-state index is 0.848. The lowest BCUT2D eigenvalue weighted by atomic mass is 10.2. The molecule has 0 radical (unpaired) electrons. The highest BCUT2D eigenvalue weighted by molar-refractivity contribution is 5.19. The second-order valence-electron chi connectivity index (χ2n) is 4.58. The van der Waals surface area contributed by atoms with Crippen molar-refractivity contribution in [1.82, 2.24) is 15.1 Å². The first-order valence-corrected chi connectivity index (χ1v) is 6.57. The van der Waals surface area contributed by atoms with Crippen LogP contribution < -0.4 is 5.32 Å². The second kappa shape index (κ2) is 6.36. The summed E-state index contributed by atoms with van der Waals surface area (Å²) in [5, 5.41) is 7.88. The fourth-order valence-electron chi connectivity index (χ4n) is 1.97. The van der Waals surface area contributed by atoms with E-state index in [0.29, 0.717) is 0 Å². The number of hydrogen-bond acceptors (Lipinski definition) is 2. The molecular weight excluding hydrogens is 222 g/mol. The molecule has 18 heavy (non-hydrogen) atoms. The van der Waals surface area contributed by atoms with Crippen LogP contribution in [0.25, 0.3) is 0 Å². The molecule has 0 aliphatic heterocycles. The zero-order chi connectivity index (χ0) is 12.8. The summed E-state index contributed by atoms with van der Waals surface area (Å²) in [6, 6.07) is 10.4. The second-order valence-corrected chi connectivity index (χ2v) is 4.58. The summed E-state index contributed by atoms with van der Waals surface area (Å²) in [5.41, 5.74) is 3.83. The van der Waals surface area contributed by atoms with Gasteiger partial charge in [-0.1, -0.05) is 37.3 Å². The van der Waals surface area contributed by atoms with Gasteiger partial charge < -0.3 is 5.32 Å². The number of aromatic nitrogens is 2. The van der Waals surface area contributed by atoms with E-state index in [-0.39, 0.29) is 0 Å². The lowest BCUT2D eigenvalue weighted by molar-refractivity contribution is 0.651. The van der Waals surface area contributed by atoms with Gasteiger partial charge in [-0.15, -0.1) is 0 Å². The van der Waals surface area contributed by atoms with E-state index in [1.165, 1.54) is 16.8 Å². The van der Waals surface area contributed by atoms with Crippen LogP contribution in [0.1, 0.15) is 30.2 Å². The summed E-state index contributed by atoms with van der Waals surface area (Å²) in [6.07, 6.45) is 3.14. The van der Waals surface area contributed by atoms with Crippen molar-refractivity contribution in [3.63, 3.8) is 0 Å². The zero-order valence-electron chi connectivity index (χ0n) is 11.2. The summed E-state index contributed by atoms with van der Waals surface area (Å²) in [7, 11) is 0. The van der Waals surface area contributed by atoms with Gasteiger partial charge in [-0.3, -0.25) is 4.68 Å². The smallest absolute Gasteiger partial charge is 0.0662 e. The van der Waals surface area contributed by atoms with Gasteiger partial charge in [-0.2, -0.15) is 5.10 Å². The van der Waals surface area contributed by atoms with Crippen molar-refractivity contribution >= 4 is 0 Å². The van der Waals surface area contributed by atoms with E-state index in [9.17, 15) is 0 Å². The molecule has 0 fully saturated rings. The van der Waals surface area contributed by atoms with Crippen LogP contribution in [-0.2, 0) is 13.1 Å². The molecule has 0 unspecified atom stereocenters. The third kappa shape index (κ3) is 3.20. The van der Waals surface area contributed by atoms with E-state index in [0.717, 1.165) is 26.1 Å². The van der Waals surface area contributed by atoms with Crippen LogP contribution in [0, 0.1) is 6.92 Å². The van der Waals surface area contributed by atoms with Gasteiger partial charge in [0.05, 0.1) is 12.7 Å². The number of nitrogens with zero attached hydrogens (tertiary/aromatic N) is 2. The van der Waals surface area contributed by atoms with E-state index < -0.39 is 0 Å². The van der Waals surface area contributed by atoms with Crippen molar-refractivity contribution in [2.24, 2.45) is 0 Å². The van der Waals surface area contributed by atoms with E-state index >= 15 is 0 Å². The molecule has 0 aliphatic rings. The van der Waals surface area contributed by atoms with E-state index in [4.69, 9.17) is 0 Å². The predicted octanol–water partition coefficient (Wildman–Crippen LogP) is 2.74. The van der Waals surface area contributed by atoms with Crippen molar-refractivity contribution in [2.45, 2.75) is 33.4 Å². The predicted molar refractivity (Wildman–Crippen MR) is 74.5 cm³/mol. The number of nitrogens with one attached hydrogen (secondary N) is 1. The largest absolute Gasteiger partial charge is 0.313 e. The molecular formula is C15H21N3. The van der Waals surface area contributed by atoms with Crippen molar-refractivity contribution in [2.75, 3.05) is 6.54 Å². The molecule has 0 atom stereocenters. The third-order valence-electron chi connectivity index (χ3n) is 3.12. The van der Waals surface area contributed by atoms with Crippen LogP contribution >= 0.6 is 0 Å². The zero-order valence-corrected chi connectivity index (χ0v) is 11.2. The van der Waals surface area contributed by atoms with Crippen LogP contribution in [0.15, 0.2) is 36.5 Å². The molecule has 0 saturated heterocycles. The standard InChI is InChI=1S/C15H21N3/c1-3-9-16-10-15-11-17-18(13(15)2)12-14-7-5-4-6-8-14/h4-8,11,16H,3,9-10,12H2,1-2H3. The van der Waals surface area contributed by atoms with Gasteiger partial charge in [0, 0.05) is 17.8 Å². The van der Waals surface area contributed by atoms with E-state index in [1.54, 1.807) is 0 Å². The molecule has 96 valence electrons. The lowest BCUT2D eigenvalue weighted by Gasteiger charge is -2.06. The Labute approximate surface area is 109 Å². The summed E-state index contributed by atoms with van der Waals surface area (Å²) in [4.78, 5) is 0. The van der Waals surface area contributed by atoms with Gasteiger partial charge >= 0.3 is 0 Å². The first-order valence-electron chi connectivity index (χ1n) is 6.57. The van der Waals surface area contributed by atoms with E-state index in [2.05, 4.69) is 53.2 Å². The third-order valence-corrected chi connectivity index (χ3v) is 3.12. The van der Waals surface area contributed by atoms with Gasteiger partial charge in [0.15, 0.2) is 0 Å². The van der Waals surface area contributed by atoms with Crippen molar-refractivity contribution < 1.29 is 0 Å². The Morgan fingerprint density at radius 1 is 1.22 bits per heavy atom. The minimum Gasteiger partial charge on any atom is -0.313 e. The molecule has 0 bridgehead atoms. The summed E-state index contributed by atoms with van der Waals surface area (Å²) < 4.78 is 2.07. The topological polar surface area (TPSA) is 29.9 Å². The highest BCUT2D eigenvalue weighted by Crippen LogP contribution is 2.09. The van der Waals surface area contributed by atoms with Crippen molar-refractivity contribution in [3.8, 4) is 0 Å². The molecule has 2 aromatic rings. The highest BCUT2D eigenvalue weighted by atomic mass is 15.3. The van der Waals surface area contributed by atoms with Crippen LogP contribution in [0.2, 0.25) is 0 Å². The Balaban J connectivity index is 2.02. The first kappa shape index (κ1) is 12.8. The molecule has 1 aromatic heterocycles. The average Bonchev–Trinajstić information content (AvgIpc) is 2.73. The Morgan fingerprint density at radius 3 is 2.72 bits per heavy atom. The SMILES string of the molecule is CCCNCc1cnn(Cc2ccccc2)c1C. The van der Waals surface area contributed by atoms with Gasteiger partial charge in [0.25, 0.3) is 0 Å². The highest BCUT2D eigenvalue weighted by Gasteiger charge is 2.06. The summed E-state index contributed by atoms with van der Waals surface area (Å²) >= 11 is 0. The molecule has 3 heteroatoms. The Kier molecular flexibility index (Phi) is 4.53. The molecule has 2 rings (SSSR count). The molecule has 1 heterocycles. The Hall–Kier alpha value is -1.61. The van der Waals surface area contributed by atoms with Gasteiger partial charge in [0.2, 0.25) is 0 Å². The molecule has 3 nitrogen and oxygen atoms in total. The fraction of sp³-hybridized carbons (Fsp3) is 0.400. The summed E-state index contributed by atoms with van der Waals surface area (Å²) in [5.74, 6) is 0. The van der Waals surface area contributed by atoms with Crippen LogP contribution in [0.3, 0.4) is 0 Å². The fourth-order valence-corrected chi connectivity index (χ4v) is 1.97. The van der Waals surface area contributed by atoms with Crippen molar-refractivity contribution in [3.05, 3.63) is 53.3 Å². The average molecular weight is 243 g/mol. The molecule has 0 saturated carbocycles. The quantitative estimate of drug-likeness (QED) is 0.791. The maximum atomic E-state index is 4.47. The van der Waals surface area contributed by atoms with Crippen LogP contribution in [-0.4, -0.2) is 16.3 Å². The van der Waals surface area contributed by atoms with Gasteiger partial charge in [-0.05, 0) is 25.5 Å². The maximum Gasteiger partial charge on any atom is 0.0662 e. The normalized spacial score (nSPS) is 10.8.